The lowest BCUT2D eigenvalue weighted by atomic mass is 9.63. The highest BCUT2D eigenvalue weighted by molar-refractivity contribution is 5.20. The second-order valence-electron chi connectivity index (χ2n) is 8.50. The molecule has 4 fully saturated rings. The van der Waals surface area contributed by atoms with Crippen LogP contribution in [-0.4, -0.2) is 25.3 Å². The number of ether oxygens (including phenoxy) is 3. The fraction of sp³-hybridized carbons (Fsp3) is 1.00. The van der Waals surface area contributed by atoms with E-state index < -0.39 is 6.48 Å². The molecule has 0 radical (unpaired) electrons. The van der Waals surface area contributed by atoms with E-state index in [1.807, 2.05) is 0 Å². The molecule has 1 unspecified atom stereocenters. The van der Waals surface area contributed by atoms with Crippen LogP contribution in [0.3, 0.4) is 0 Å². The van der Waals surface area contributed by atoms with Crippen molar-refractivity contribution in [2.75, 3.05) is 7.11 Å². The van der Waals surface area contributed by atoms with E-state index >= 15 is 0 Å². The monoisotopic (exact) mass is 280 g/mol. The first-order valence-corrected chi connectivity index (χ1v) is 8.20. The fourth-order valence-electron chi connectivity index (χ4n) is 6.63. The van der Waals surface area contributed by atoms with E-state index in [0.29, 0.717) is 16.7 Å². The Labute approximate surface area is 122 Å². The van der Waals surface area contributed by atoms with Crippen LogP contribution in [0.5, 0.6) is 0 Å². The molecule has 7 atom stereocenters. The molecule has 3 heteroatoms. The Morgan fingerprint density at radius 2 is 1.80 bits per heavy atom. The molecule has 1 heterocycles. The van der Waals surface area contributed by atoms with Gasteiger partial charge in [-0.25, -0.2) is 0 Å². The Kier molecular flexibility index (Phi) is 2.57. The van der Waals surface area contributed by atoms with Crippen LogP contribution in [-0.2, 0) is 14.2 Å². The van der Waals surface area contributed by atoms with Crippen LogP contribution < -0.4 is 0 Å². The van der Waals surface area contributed by atoms with Gasteiger partial charge in [-0.1, -0.05) is 20.8 Å². The van der Waals surface area contributed by atoms with Gasteiger partial charge in [0.15, 0.2) is 0 Å². The largest absolute Gasteiger partial charge is 0.333 e. The first-order valence-electron chi connectivity index (χ1n) is 8.20. The maximum Gasteiger partial charge on any atom is 0.272 e. The van der Waals surface area contributed by atoms with Crippen LogP contribution in [0.2, 0.25) is 0 Å². The fourth-order valence-corrected chi connectivity index (χ4v) is 6.63. The third-order valence-electron chi connectivity index (χ3n) is 7.66. The normalized spacial score (nSPS) is 59.5. The van der Waals surface area contributed by atoms with Gasteiger partial charge in [-0.3, -0.25) is 0 Å². The van der Waals surface area contributed by atoms with E-state index in [0.717, 1.165) is 18.3 Å². The van der Waals surface area contributed by atoms with Crippen molar-refractivity contribution in [2.24, 2.45) is 28.6 Å². The van der Waals surface area contributed by atoms with Crippen molar-refractivity contribution in [3.8, 4) is 0 Å². The van der Waals surface area contributed by atoms with E-state index in [1.54, 1.807) is 7.11 Å². The Morgan fingerprint density at radius 1 is 1.05 bits per heavy atom. The summed E-state index contributed by atoms with van der Waals surface area (Å²) in [5.41, 5.74) is 0.671. The summed E-state index contributed by atoms with van der Waals surface area (Å²) in [5.74, 6) is 2.25. The Morgan fingerprint density at radius 3 is 2.50 bits per heavy atom. The smallest absolute Gasteiger partial charge is 0.272 e. The third-order valence-corrected chi connectivity index (χ3v) is 7.66. The average Bonchev–Trinajstić information content (AvgIpc) is 2.94. The van der Waals surface area contributed by atoms with Crippen LogP contribution in [0, 0.1) is 28.6 Å². The van der Waals surface area contributed by atoms with E-state index in [1.165, 1.54) is 19.3 Å². The molecule has 20 heavy (non-hydrogen) atoms. The van der Waals surface area contributed by atoms with Crippen molar-refractivity contribution in [2.45, 2.75) is 71.6 Å². The van der Waals surface area contributed by atoms with Crippen molar-refractivity contribution >= 4 is 0 Å². The van der Waals surface area contributed by atoms with Gasteiger partial charge in [-0.05, 0) is 61.2 Å². The Hall–Kier alpha value is -0.120. The topological polar surface area (TPSA) is 27.7 Å². The molecule has 3 nitrogen and oxygen atoms in total. The molecule has 3 saturated carbocycles. The molecular weight excluding hydrogens is 252 g/mol. The Balaban J connectivity index is 1.78. The first kappa shape index (κ1) is 13.5. The second kappa shape index (κ2) is 3.80. The van der Waals surface area contributed by atoms with Gasteiger partial charge in [-0.2, -0.15) is 0 Å². The van der Waals surface area contributed by atoms with E-state index in [2.05, 4.69) is 27.7 Å². The molecule has 0 aromatic rings. The predicted molar refractivity (Wildman–Crippen MR) is 76.0 cm³/mol. The number of methoxy groups -OCH3 is 1. The van der Waals surface area contributed by atoms with Crippen LogP contribution in [0.25, 0.3) is 0 Å². The SMILES string of the molecule is COC1O[C@H]2C[C@@]34C[C@H](C(C)(C)[C@@H]3CC[C@H]4C)[C@@]2(C)O1. The van der Waals surface area contributed by atoms with Gasteiger partial charge < -0.3 is 14.2 Å². The lowest BCUT2D eigenvalue weighted by molar-refractivity contribution is -0.245. The molecular formula is C17H28O3. The molecule has 1 aliphatic heterocycles. The Bertz CT molecular complexity index is 434. The van der Waals surface area contributed by atoms with E-state index in [4.69, 9.17) is 14.2 Å². The zero-order chi connectivity index (χ0) is 14.3. The van der Waals surface area contributed by atoms with Crippen molar-refractivity contribution in [3.05, 3.63) is 0 Å². The zero-order valence-corrected chi connectivity index (χ0v) is 13.4. The molecule has 1 spiro atoms. The lowest BCUT2D eigenvalue weighted by Gasteiger charge is -2.46. The van der Waals surface area contributed by atoms with Gasteiger partial charge in [0.2, 0.25) is 0 Å². The van der Waals surface area contributed by atoms with Crippen LogP contribution in [0.15, 0.2) is 0 Å². The molecule has 4 rings (SSSR count). The van der Waals surface area contributed by atoms with Crippen molar-refractivity contribution in [3.63, 3.8) is 0 Å². The maximum atomic E-state index is 6.22. The molecule has 0 aromatic heterocycles. The third kappa shape index (κ3) is 1.33. The van der Waals surface area contributed by atoms with Gasteiger partial charge in [0, 0.05) is 7.11 Å². The number of hydrogen-bond donors (Lipinski definition) is 0. The summed E-state index contributed by atoms with van der Waals surface area (Å²) in [4.78, 5) is 0. The molecule has 1 saturated heterocycles. The minimum absolute atomic E-state index is 0.167. The number of hydrogen-bond acceptors (Lipinski definition) is 3. The summed E-state index contributed by atoms with van der Waals surface area (Å²) in [6.45, 7) is 9.21. The minimum atomic E-state index is -0.466. The predicted octanol–water partition coefficient (Wildman–Crippen LogP) is 3.57. The van der Waals surface area contributed by atoms with E-state index in [9.17, 15) is 0 Å². The highest BCUT2D eigenvalue weighted by Crippen LogP contribution is 2.74. The molecule has 2 bridgehead atoms. The molecule has 114 valence electrons. The maximum absolute atomic E-state index is 6.22. The van der Waals surface area contributed by atoms with Gasteiger partial charge >= 0.3 is 0 Å². The highest BCUT2D eigenvalue weighted by atomic mass is 16.9. The van der Waals surface area contributed by atoms with Crippen molar-refractivity contribution < 1.29 is 14.2 Å². The quantitative estimate of drug-likeness (QED) is 0.735. The first-order chi connectivity index (χ1) is 9.34. The summed E-state index contributed by atoms with van der Waals surface area (Å²) in [6.07, 6.45) is 5.46. The summed E-state index contributed by atoms with van der Waals surface area (Å²) in [6, 6.07) is 0. The van der Waals surface area contributed by atoms with Crippen molar-refractivity contribution in [1.29, 1.82) is 0 Å². The van der Waals surface area contributed by atoms with Crippen LogP contribution in [0.1, 0.15) is 53.4 Å². The van der Waals surface area contributed by atoms with Crippen LogP contribution in [0.4, 0.5) is 0 Å². The standard InChI is InChI=1S/C17H28O3/c1-10-6-7-11-15(2,3)12-8-17(10,11)9-13-16(12,4)20-14(18-5)19-13/h10-14H,6-9H2,1-5H3/t10-,11+,12-,13+,14?,16-,17-/m1/s1. The summed E-state index contributed by atoms with van der Waals surface area (Å²) in [5, 5.41) is 0. The molecule has 0 amide bonds. The molecule has 0 N–H and O–H groups in total. The number of fused-ring (bicyclic) bond motifs is 3. The molecule has 4 aliphatic rings. The van der Waals surface area contributed by atoms with Crippen molar-refractivity contribution in [1.82, 2.24) is 0 Å². The summed E-state index contributed by atoms with van der Waals surface area (Å²) < 4.78 is 17.7. The zero-order valence-electron chi connectivity index (χ0n) is 13.4. The van der Waals surface area contributed by atoms with Gasteiger partial charge in [-0.15, -0.1) is 0 Å². The highest BCUT2D eigenvalue weighted by Gasteiger charge is 2.73. The van der Waals surface area contributed by atoms with Gasteiger partial charge in [0.05, 0.1) is 6.10 Å². The summed E-state index contributed by atoms with van der Waals surface area (Å²) in [7, 11) is 1.67. The van der Waals surface area contributed by atoms with E-state index in [-0.39, 0.29) is 11.7 Å². The second-order valence-corrected chi connectivity index (χ2v) is 8.50. The molecule has 3 aliphatic carbocycles. The van der Waals surface area contributed by atoms with Crippen LogP contribution >= 0.6 is 0 Å². The molecule has 0 aromatic carbocycles. The minimum Gasteiger partial charge on any atom is -0.333 e. The lowest BCUT2D eigenvalue weighted by Crippen LogP contribution is -2.52. The average molecular weight is 280 g/mol. The number of rotatable bonds is 1. The van der Waals surface area contributed by atoms with Gasteiger partial charge in [0.1, 0.15) is 5.60 Å². The van der Waals surface area contributed by atoms with Gasteiger partial charge in [0.25, 0.3) is 6.48 Å². The summed E-state index contributed by atoms with van der Waals surface area (Å²) >= 11 is 0.